The van der Waals surface area contributed by atoms with Crippen molar-refractivity contribution in [2.45, 2.75) is 40.2 Å². The van der Waals surface area contributed by atoms with Gasteiger partial charge in [-0.3, -0.25) is 4.98 Å². The van der Waals surface area contributed by atoms with Crippen molar-refractivity contribution in [1.29, 1.82) is 0 Å². The number of nitrogens with one attached hydrogen (secondary N) is 3. The van der Waals surface area contributed by atoms with Crippen LogP contribution in [0.2, 0.25) is 0 Å². The molecule has 6 heteroatoms. The Labute approximate surface area is 194 Å². The van der Waals surface area contributed by atoms with E-state index in [2.05, 4.69) is 59.8 Å². The lowest BCUT2D eigenvalue weighted by molar-refractivity contribution is 0.509. The topological polar surface area (TPSA) is 61.9 Å². The Morgan fingerprint density at radius 1 is 1.09 bits per heavy atom. The van der Waals surface area contributed by atoms with Gasteiger partial charge in [0.05, 0.1) is 17.6 Å². The second-order valence-electron chi connectivity index (χ2n) is 9.72. The Morgan fingerprint density at radius 2 is 1.85 bits per heavy atom. The maximum Gasteiger partial charge on any atom is 0.147 e. The molecule has 3 N–H and O–H groups in total. The maximum atomic E-state index is 15.0. The zero-order chi connectivity index (χ0) is 24.0. The molecule has 0 spiro atoms. The monoisotopic (exact) mass is 443 g/mol. The number of anilines is 3. The first-order chi connectivity index (χ1) is 15.5. The quantitative estimate of drug-likeness (QED) is 0.390. The molecule has 5 nitrogen and oxygen atoms in total. The number of aromatic nitrogens is 2. The Balaban J connectivity index is 1.64. The highest BCUT2D eigenvalue weighted by molar-refractivity contribution is 5.79. The molecule has 4 rings (SSSR count). The summed E-state index contributed by atoms with van der Waals surface area (Å²) in [4.78, 5) is 8.74. The van der Waals surface area contributed by atoms with Crippen molar-refractivity contribution in [3.05, 3.63) is 90.4 Å². The van der Waals surface area contributed by atoms with Gasteiger partial charge in [0.1, 0.15) is 17.2 Å². The second-order valence-corrected chi connectivity index (χ2v) is 9.72. The van der Waals surface area contributed by atoms with Crippen LogP contribution in [0.5, 0.6) is 0 Å². The van der Waals surface area contributed by atoms with E-state index in [0.29, 0.717) is 11.4 Å². The van der Waals surface area contributed by atoms with E-state index >= 15 is 0 Å². The van der Waals surface area contributed by atoms with Gasteiger partial charge in [0, 0.05) is 40.3 Å². The van der Waals surface area contributed by atoms with E-state index in [9.17, 15) is 4.39 Å². The van der Waals surface area contributed by atoms with Crippen LogP contribution in [0.25, 0.3) is 11.1 Å². The highest BCUT2D eigenvalue weighted by atomic mass is 19.1. The Bertz CT molecular complexity index is 1260. The molecule has 0 bridgehead atoms. The Morgan fingerprint density at radius 3 is 2.55 bits per heavy atom. The number of hydrogen-bond donors (Lipinski definition) is 3. The Kier molecular flexibility index (Phi) is 5.48. The molecule has 0 fully saturated rings. The molecule has 0 amide bonds. The molecular formula is C27H30FN5. The molecule has 1 aromatic carbocycles. The lowest BCUT2D eigenvalue weighted by Crippen LogP contribution is -2.45. The summed E-state index contributed by atoms with van der Waals surface area (Å²) in [7, 11) is 0. The number of pyridine rings is 2. The lowest BCUT2D eigenvalue weighted by atomic mass is 9.79. The van der Waals surface area contributed by atoms with Crippen LogP contribution in [0.4, 0.5) is 21.6 Å². The molecule has 1 unspecified atom stereocenters. The minimum Gasteiger partial charge on any atom is -0.368 e. The summed E-state index contributed by atoms with van der Waals surface area (Å²) in [6, 6.07) is 9.35. The maximum absolute atomic E-state index is 15.0. The molecule has 0 saturated heterocycles. The average molecular weight is 444 g/mol. The molecule has 0 aliphatic carbocycles. The zero-order valence-electron chi connectivity index (χ0n) is 19.8. The summed E-state index contributed by atoms with van der Waals surface area (Å²) in [5, 5.41) is 9.85. The first-order valence-corrected chi connectivity index (χ1v) is 10.9. The number of fused-ring (bicyclic) bond motifs is 1. The fourth-order valence-electron chi connectivity index (χ4n) is 3.70. The smallest absolute Gasteiger partial charge is 0.147 e. The van der Waals surface area contributed by atoms with Crippen molar-refractivity contribution in [1.82, 2.24) is 9.97 Å². The van der Waals surface area contributed by atoms with Crippen molar-refractivity contribution in [3.8, 4) is 11.1 Å². The SMILES string of the molecule is C=C(Nc1cncc(-c2cc(F)c3c(c2)C(C)(C(=C)Nc2ncccc2C)N3)c1)C(C)(C)C. The van der Waals surface area contributed by atoms with Gasteiger partial charge in [-0.15, -0.1) is 0 Å². The number of rotatable bonds is 6. The van der Waals surface area contributed by atoms with E-state index in [4.69, 9.17) is 0 Å². The van der Waals surface area contributed by atoms with Crippen LogP contribution in [-0.4, -0.2) is 9.97 Å². The summed E-state index contributed by atoms with van der Waals surface area (Å²) < 4.78 is 15.0. The predicted molar refractivity (Wildman–Crippen MR) is 135 cm³/mol. The summed E-state index contributed by atoms with van der Waals surface area (Å²) in [6.45, 7) is 18.6. The zero-order valence-corrected chi connectivity index (χ0v) is 19.8. The molecule has 0 radical (unpaired) electrons. The first kappa shape index (κ1) is 22.5. The van der Waals surface area contributed by atoms with E-state index in [1.165, 1.54) is 6.07 Å². The molecule has 1 aliphatic heterocycles. The van der Waals surface area contributed by atoms with Gasteiger partial charge >= 0.3 is 0 Å². The molecule has 0 saturated carbocycles. The Hall–Kier alpha value is -3.67. The first-order valence-electron chi connectivity index (χ1n) is 10.9. The van der Waals surface area contributed by atoms with Crippen molar-refractivity contribution < 1.29 is 4.39 Å². The van der Waals surface area contributed by atoms with Gasteiger partial charge in [0.2, 0.25) is 0 Å². The largest absolute Gasteiger partial charge is 0.368 e. The normalized spacial score (nSPS) is 16.8. The van der Waals surface area contributed by atoms with Gasteiger partial charge in [0.25, 0.3) is 0 Å². The van der Waals surface area contributed by atoms with E-state index in [1.54, 1.807) is 18.6 Å². The summed E-state index contributed by atoms with van der Waals surface area (Å²) >= 11 is 0. The van der Waals surface area contributed by atoms with Gasteiger partial charge in [0.15, 0.2) is 0 Å². The van der Waals surface area contributed by atoms with Crippen molar-refractivity contribution in [2.24, 2.45) is 5.41 Å². The van der Waals surface area contributed by atoms with Crippen LogP contribution in [0.3, 0.4) is 0 Å². The minimum absolute atomic E-state index is 0.0927. The fraction of sp³-hybridized carbons (Fsp3) is 0.259. The highest BCUT2D eigenvalue weighted by Crippen LogP contribution is 2.48. The van der Waals surface area contributed by atoms with Crippen molar-refractivity contribution >= 4 is 17.2 Å². The number of aryl methyl sites for hydroxylation is 1. The van der Waals surface area contributed by atoms with Crippen LogP contribution in [0, 0.1) is 18.2 Å². The third-order valence-electron chi connectivity index (χ3n) is 6.16. The molecule has 1 aliphatic rings. The highest BCUT2D eigenvalue weighted by Gasteiger charge is 2.43. The van der Waals surface area contributed by atoms with E-state index in [-0.39, 0.29) is 11.2 Å². The fourth-order valence-corrected chi connectivity index (χ4v) is 3.70. The number of hydrogen-bond acceptors (Lipinski definition) is 5. The molecular weight excluding hydrogens is 413 g/mol. The van der Waals surface area contributed by atoms with Crippen LogP contribution in [0.1, 0.15) is 38.8 Å². The van der Waals surface area contributed by atoms with Crippen LogP contribution in [-0.2, 0) is 5.54 Å². The summed E-state index contributed by atoms with van der Waals surface area (Å²) in [5.41, 5.74) is 5.56. The predicted octanol–water partition coefficient (Wildman–Crippen LogP) is 6.83. The molecule has 1 atom stereocenters. The van der Waals surface area contributed by atoms with E-state index in [0.717, 1.165) is 39.5 Å². The van der Waals surface area contributed by atoms with Gasteiger partial charge in [-0.2, -0.15) is 0 Å². The lowest BCUT2D eigenvalue weighted by Gasteiger charge is -2.45. The molecule has 33 heavy (non-hydrogen) atoms. The van der Waals surface area contributed by atoms with Gasteiger partial charge in [-0.05, 0) is 49.2 Å². The minimum atomic E-state index is -0.639. The van der Waals surface area contributed by atoms with E-state index in [1.807, 2.05) is 38.1 Å². The number of halogens is 1. The second kappa shape index (κ2) is 8.03. The van der Waals surface area contributed by atoms with Crippen LogP contribution < -0.4 is 16.0 Å². The molecule has 3 aromatic rings. The summed E-state index contributed by atoms with van der Waals surface area (Å²) in [6.07, 6.45) is 5.21. The third kappa shape index (κ3) is 4.21. The molecule has 2 aromatic heterocycles. The van der Waals surface area contributed by atoms with Crippen molar-refractivity contribution in [2.75, 3.05) is 16.0 Å². The van der Waals surface area contributed by atoms with E-state index < -0.39 is 5.54 Å². The van der Waals surface area contributed by atoms with Gasteiger partial charge < -0.3 is 16.0 Å². The van der Waals surface area contributed by atoms with Gasteiger partial charge in [-0.25, -0.2) is 9.37 Å². The average Bonchev–Trinajstić information content (AvgIpc) is 2.75. The third-order valence-corrected chi connectivity index (χ3v) is 6.16. The number of benzene rings is 1. The molecule has 170 valence electrons. The number of allylic oxidation sites excluding steroid dienone is 1. The summed E-state index contributed by atoms with van der Waals surface area (Å²) in [5.74, 6) is 0.428. The van der Waals surface area contributed by atoms with Crippen LogP contribution in [0.15, 0.2) is 73.5 Å². The standard InChI is InChI=1S/C27H30FN5/c1-16-9-8-10-30-25(16)32-18(3)27(7)22-12-19(13-23(28)24(22)33-27)20-11-21(15-29-14-20)31-17(2)26(4,5)6/h8-15,31,33H,2-3H2,1,4-7H3,(H,30,32). The van der Waals surface area contributed by atoms with Crippen molar-refractivity contribution in [3.63, 3.8) is 0 Å². The number of nitrogens with zero attached hydrogens (tertiary/aromatic N) is 2. The molecule has 3 heterocycles. The van der Waals surface area contributed by atoms with Crippen LogP contribution >= 0.6 is 0 Å². The van der Waals surface area contributed by atoms with Gasteiger partial charge in [-0.1, -0.05) is 40.0 Å².